The summed E-state index contributed by atoms with van der Waals surface area (Å²) in [6.45, 7) is 0. The zero-order chi connectivity index (χ0) is 16.7. The molecule has 1 aliphatic rings. The van der Waals surface area contributed by atoms with Gasteiger partial charge in [-0.15, -0.1) is 0 Å². The average Bonchev–Trinajstić information content (AvgIpc) is 2.84. The third kappa shape index (κ3) is 2.17. The Balaban J connectivity index is 1.77. The second-order valence-electron chi connectivity index (χ2n) is 5.71. The summed E-state index contributed by atoms with van der Waals surface area (Å²) < 4.78 is 0. The number of amides is 2. The molecule has 24 heavy (non-hydrogen) atoms. The molecule has 0 N–H and O–H groups in total. The van der Waals surface area contributed by atoms with Gasteiger partial charge in [0, 0.05) is 18.2 Å². The molecule has 0 saturated heterocycles. The number of imide groups is 1. The maximum atomic E-state index is 12.1. The lowest BCUT2D eigenvalue weighted by Gasteiger charge is -2.02. The predicted octanol–water partition coefficient (Wildman–Crippen LogP) is 3.47. The van der Waals surface area contributed by atoms with Gasteiger partial charge in [0.15, 0.2) is 0 Å². The second kappa shape index (κ2) is 5.36. The molecule has 4 rings (SSSR count). The summed E-state index contributed by atoms with van der Waals surface area (Å²) in [5, 5.41) is 2.24. The molecule has 0 spiro atoms. The van der Waals surface area contributed by atoms with Crippen molar-refractivity contribution in [3.63, 3.8) is 0 Å². The van der Waals surface area contributed by atoms with Crippen LogP contribution in [0.3, 0.4) is 0 Å². The summed E-state index contributed by atoms with van der Waals surface area (Å²) in [6.07, 6.45) is 0. The zero-order valence-electron chi connectivity index (χ0n) is 13.0. The zero-order valence-corrected chi connectivity index (χ0v) is 13.0. The topological polar surface area (TPSA) is 37.4 Å². The Bertz CT molecular complexity index is 1060. The van der Waals surface area contributed by atoms with Crippen molar-refractivity contribution in [2.75, 3.05) is 7.05 Å². The summed E-state index contributed by atoms with van der Waals surface area (Å²) in [7, 11) is 1.49. The second-order valence-corrected chi connectivity index (χ2v) is 5.71. The van der Waals surface area contributed by atoms with Crippen molar-refractivity contribution in [2.45, 2.75) is 0 Å². The van der Waals surface area contributed by atoms with E-state index in [9.17, 15) is 9.59 Å². The molecule has 0 aliphatic carbocycles. The van der Waals surface area contributed by atoms with Crippen LogP contribution in [0.15, 0.2) is 60.7 Å². The van der Waals surface area contributed by atoms with Gasteiger partial charge in [-0.2, -0.15) is 0 Å². The lowest BCUT2D eigenvalue weighted by molar-refractivity contribution is 0.0693. The summed E-state index contributed by atoms with van der Waals surface area (Å²) in [5.41, 5.74) is 2.52. The quantitative estimate of drug-likeness (QED) is 0.471. The van der Waals surface area contributed by atoms with E-state index in [2.05, 4.69) is 24.0 Å². The molecule has 0 radical (unpaired) electrons. The molecule has 3 aromatic rings. The summed E-state index contributed by atoms with van der Waals surface area (Å²) in [6, 6.07) is 19.2. The Kier molecular flexibility index (Phi) is 3.18. The highest BCUT2D eigenvalue weighted by Crippen LogP contribution is 2.22. The highest BCUT2D eigenvalue weighted by atomic mass is 16.2. The number of carbonyl (C=O) groups excluding carboxylic acids is 2. The number of benzene rings is 3. The lowest BCUT2D eigenvalue weighted by atomic mass is 10.0. The molecule has 0 aromatic heterocycles. The number of hydrogen-bond acceptors (Lipinski definition) is 2. The molecule has 0 fully saturated rings. The Morgan fingerprint density at radius 1 is 0.792 bits per heavy atom. The number of rotatable bonds is 0. The van der Waals surface area contributed by atoms with Crippen molar-refractivity contribution in [1.82, 2.24) is 4.90 Å². The van der Waals surface area contributed by atoms with E-state index < -0.39 is 0 Å². The van der Waals surface area contributed by atoms with Gasteiger partial charge in [-0.1, -0.05) is 48.2 Å². The van der Waals surface area contributed by atoms with Crippen LogP contribution in [0.5, 0.6) is 0 Å². The highest BCUT2D eigenvalue weighted by Gasteiger charge is 2.32. The predicted molar refractivity (Wildman–Crippen MR) is 92.8 cm³/mol. The molecule has 3 aromatic carbocycles. The maximum Gasteiger partial charge on any atom is 0.261 e. The molecular weight excluding hydrogens is 298 g/mol. The van der Waals surface area contributed by atoms with Crippen LogP contribution < -0.4 is 0 Å². The standard InChI is InChI=1S/C21H13NO2/c1-22-20(23)18-12-10-14(13-19(18)21(22)24)9-11-16-7-4-6-15-5-2-3-8-17(15)16/h2-8,10,12-13H,1H3. The largest absolute Gasteiger partial charge is 0.277 e. The first-order valence-electron chi connectivity index (χ1n) is 7.61. The molecule has 1 aliphatic heterocycles. The Morgan fingerprint density at radius 3 is 2.42 bits per heavy atom. The SMILES string of the molecule is CN1C(=O)c2ccc(C#Cc3cccc4ccccc34)cc2C1=O. The smallest absolute Gasteiger partial charge is 0.261 e. The van der Waals surface area contributed by atoms with Crippen molar-refractivity contribution >= 4 is 22.6 Å². The fourth-order valence-corrected chi connectivity index (χ4v) is 2.91. The third-order valence-electron chi connectivity index (χ3n) is 4.22. The fourth-order valence-electron chi connectivity index (χ4n) is 2.91. The van der Waals surface area contributed by atoms with Gasteiger partial charge in [0.05, 0.1) is 11.1 Å². The summed E-state index contributed by atoms with van der Waals surface area (Å²) in [4.78, 5) is 25.1. The third-order valence-corrected chi connectivity index (χ3v) is 4.22. The first kappa shape index (κ1) is 14.2. The molecule has 3 nitrogen and oxygen atoms in total. The van der Waals surface area contributed by atoms with Crippen LogP contribution in [0.2, 0.25) is 0 Å². The van der Waals surface area contributed by atoms with Crippen LogP contribution in [0.1, 0.15) is 31.8 Å². The van der Waals surface area contributed by atoms with Crippen LogP contribution in [-0.4, -0.2) is 23.8 Å². The molecule has 3 heteroatoms. The van der Waals surface area contributed by atoms with Gasteiger partial charge < -0.3 is 0 Å². The van der Waals surface area contributed by atoms with Crippen molar-refractivity contribution in [3.8, 4) is 11.8 Å². The summed E-state index contributed by atoms with van der Waals surface area (Å²) in [5.74, 6) is 5.74. The van der Waals surface area contributed by atoms with Gasteiger partial charge in [0.1, 0.15) is 0 Å². The lowest BCUT2D eigenvalue weighted by Crippen LogP contribution is -2.24. The van der Waals surface area contributed by atoms with Crippen molar-refractivity contribution in [2.24, 2.45) is 0 Å². The molecule has 2 amide bonds. The summed E-state index contributed by atoms with van der Waals surface area (Å²) >= 11 is 0. The minimum absolute atomic E-state index is 0.261. The van der Waals surface area contributed by atoms with E-state index in [1.165, 1.54) is 7.05 Å². The van der Waals surface area contributed by atoms with Crippen molar-refractivity contribution in [3.05, 3.63) is 82.9 Å². The van der Waals surface area contributed by atoms with Gasteiger partial charge in [-0.3, -0.25) is 14.5 Å². The first-order valence-corrected chi connectivity index (χ1v) is 7.61. The van der Waals surface area contributed by atoms with E-state index in [0.29, 0.717) is 11.1 Å². The fraction of sp³-hybridized carbons (Fsp3) is 0.0476. The molecule has 114 valence electrons. The number of hydrogen-bond donors (Lipinski definition) is 0. The van der Waals surface area contributed by atoms with Crippen LogP contribution >= 0.6 is 0 Å². The molecule has 0 bridgehead atoms. The van der Waals surface area contributed by atoms with E-state index in [-0.39, 0.29) is 11.8 Å². The molecule has 0 saturated carbocycles. The molecule has 1 heterocycles. The number of carbonyl (C=O) groups is 2. The Labute approximate surface area is 139 Å². The van der Waals surface area contributed by atoms with Crippen LogP contribution in [-0.2, 0) is 0 Å². The number of nitrogens with zero attached hydrogens (tertiary/aromatic N) is 1. The Hall–Kier alpha value is -3.38. The van der Waals surface area contributed by atoms with E-state index in [1.807, 2.05) is 30.3 Å². The van der Waals surface area contributed by atoms with E-state index in [1.54, 1.807) is 18.2 Å². The molecular formula is C21H13NO2. The van der Waals surface area contributed by atoms with Gasteiger partial charge in [-0.05, 0) is 35.0 Å². The Morgan fingerprint density at radius 2 is 1.54 bits per heavy atom. The van der Waals surface area contributed by atoms with E-state index in [4.69, 9.17) is 0 Å². The van der Waals surface area contributed by atoms with Gasteiger partial charge in [0.25, 0.3) is 11.8 Å². The van der Waals surface area contributed by atoms with E-state index >= 15 is 0 Å². The highest BCUT2D eigenvalue weighted by molar-refractivity contribution is 6.21. The van der Waals surface area contributed by atoms with E-state index in [0.717, 1.165) is 26.8 Å². The van der Waals surface area contributed by atoms with Gasteiger partial charge in [0.2, 0.25) is 0 Å². The van der Waals surface area contributed by atoms with Crippen LogP contribution in [0.25, 0.3) is 10.8 Å². The van der Waals surface area contributed by atoms with Gasteiger partial charge in [-0.25, -0.2) is 0 Å². The molecule has 0 unspecified atom stereocenters. The van der Waals surface area contributed by atoms with Crippen LogP contribution in [0.4, 0.5) is 0 Å². The van der Waals surface area contributed by atoms with Gasteiger partial charge >= 0.3 is 0 Å². The van der Waals surface area contributed by atoms with Crippen LogP contribution in [0, 0.1) is 11.8 Å². The normalized spacial score (nSPS) is 13.0. The number of fused-ring (bicyclic) bond motifs is 2. The van der Waals surface area contributed by atoms with Crippen molar-refractivity contribution in [1.29, 1.82) is 0 Å². The monoisotopic (exact) mass is 311 g/mol. The maximum absolute atomic E-state index is 12.1. The average molecular weight is 311 g/mol. The molecule has 0 atom stereocenters. The minimum Gasteiger partial charge on any atom is -0.277 e. The van der Waals surface area contributed by atoms with Crippen molar-refractivity contribution < 1.29 is 9.59 Å². The first-order chi connectivity index (χ1) is 11.6. The minimum atomic E-state index is -0.274.